The van der Waals surface area contributed by atoms with Gasteiger partial charge in [0.15, 0.2) is 5.84 Å². The fourth-order valence-electron chi connectivity index (χ4n) is 1.54. The molecule has 1 aromatic rings. The van der Waals surface area contributed by atoms with Gasteiger partial charge in [-0.25, -0.2) is 8.81 Å². The number of nitrogens with zero attached hydrogens (tertiary/aromatic N) is 2. The Balaban J connectivity index is 2.06. The molecular formula is C11H10ClFN2O3. The maximum atomic E-state index is 13.1. The van der Waals surface area contributed by atoms with E-state index >= 15 is 0 Å². The van der Waals surface area contributed by atoms with Crippen LogP contribution in [0.25, 0.3) is 0 Å². The molecule has 1 aliphatic rings. The second-order valence-corrected chi connectivity index (χ2v) is 4.09. The number of carbonyl (C=O) groups is 1. The first kappa shape index (κ1) is 12.6. The second kappa shape index (κ2) is 5.22. The van der Waals surface area contributed by atoms with Crippen LogP contribution in [-0.4, -0.2) is 27.6 Å². The van der Waals surface area contributed by atoms with Crippen molar-refractivity contribution in [1.29, 1.82) is 0 Å². The molecule has 1 atom stereocenters. The molecule has 0 aromatic heterocycles. The molecule has 0 radical (unpaired) electrons. The Labute approximate surface area is 108 Å². The Morgan fingerprint density at radius 3 is 3.06 bits per heavy atom. The molecule has 18 heavy (non-hydrogen) atoms. The number of hydrogen-bond donors (Lipinski definition) is 1. The number of benzene rings is 1. The van der Waals surface area contributed by atoms with Crippen LogP contribution in [0.1, 0.15) is 18.4 Å². The minimum atomic E-state index is -0.942. The van der Waals surface area contributed by atoms with Crippen LogP contribution in [0.4, 0.5) is 4.39 Å². The maximum absolute atomic E-state index is 13.1. The van der Waals surface area contributed by atoms with Crippen LogP contribution in [0.15, 0.2) is 29.4 Å². The van der Waals surface area contributed by atoms with Gasteiger partial charge in [0.25, 0.3) is 0 Å². The second-order valence-electron chi connectivity index (χ2n) is 3.73. The molecule has 7 heteroatoms. The van der Waals surface area contributed by atoms with Crippen molar-refractivity contribution in [3.63, 3.8) is 0 Å². The molecule has 1 N–H and O–H groups in total. The number of carboxylic acid groups (broad SMARTS) is 1. The Morgan fingerprint density at radius 2 is 2.39 bits per heavy atom. The van der Waals surface area contributed by atoms with E-state index < -0.39 is 18.0 Å². The Bertz CT molecular complexity index is 495. The summed E-state index contributed by atoms with van der Waals surface area (Å²) in [4.78, 5) is 15.5. The lowest BCUT2D eigenvalue weighted by atomic mass is 10.2. The quantitative estimate of drug-likeness (QED) is 0.853. The van der Waals surface area contributed by atoms with Crippen LogP contribution in [0, 0.1) is 5.82 Å². The van der Waals surface area contributed by atoms with Crippen molar-refractivity contribution in [2.24, 2.45) is 5.16 Å². The predicted octanol–water partition coefficient (Wildman–Crippen LogP) is 2.16. The zero-order valence-corrected chi connectivity index (χ0v) is 9.97. The minimum Gasteiger partial charge on any atom is -0.481 e. The topological polar surface area (TPSA) is 62.1 Å². The summed E-state index contributed by atoms with van der Waals surface area (Å²) in [5.41, 5.74) is 0.475. The van der Waals surface area contributed by atoms with E-state index in [4.69, 9.17) is 21.7 Å². The average molecular weight is 273 g/mol. The van der Waals surface area contributed by atoms with Crippen molar-refractivity contribution in [2.75, 3.05) is 0 Å². The average Bonchev–Trinajstić information content (AvgIpc) is 2.68. The van der Waals surface area contributed by atoms with Gasteiger partial charge in [0.05, 0.1) is 6.42 Å². The Hall–Kier alpha value is -1.82. The molecular weight excluding hydrogens is 263 g/mol. The van der Waals surface area contributed by atoms with Crippen molar-refractivity contribution in [3.05, 3.63) is 35.6 Å². The van der Waals surface area contributed by atoms with Crippen LogP contribution in [0.5, 0.6) is 0 Å². The third-order valence-electron chi connectivity index (χ3n) is 2.40. The van der Waals surface area contributed by atoms with Gasteiger partial charge in [0.1, 0.15) is 5.82 Å². The van der Waals surface area contributed by atoms with Crippen molar-refractivity contribution in [2.45, 2.75) is 19.1 Å². The van der Waals surface area contributed by atoms with Gasteiger partial charge in [-0.3, -0.25) is 4.79 Å². The van der Waals surface area contributed by atoms with Crippen molar-refractivity contribution in [3.8, 4) is 0 Å². The number of oxime groups is 1. The molecule has 5 nitrogen and oxygen atoms in total. The largest absolute Gasteiger partial charge is 0.481 e. The number of halogens is 2. The highest BCUT2D eigenvalue weighted by Gasteiger charge is 2.30. The smallest absolute Gasteiger partial charge is 0.303 e. The van der Waals surface area contributed by atoms with Crippen LogP contribution < -0.4 is 0 Å². The zero-order chi connectivity index (χ0) is 13.1. The number of aliphatic carboxylic acids is 1. The lowest BCUT2D eigenvalue weighted by molar-refractivity contribution is -0.138. The summed E-state index contributed by atoms with van der Waals surface area (Å²) < 4.78 is 14.2. The standard InChI is InChI=1S/C11H10ClFN2O3/c12-15-9(4-5-10(16)17)18-14-11(15)7-2-1-3-8(13)6-7/h1-3,6,9H,4-5H2,(H,16,17). The number of carboxylic acids is 1. The van der Waals surface area contributed by atoms with Gasteiger partial charge in [-0.05, 0) is 12.1 Å². The van der Waals surface area contributed by atoms with E-state index in [-0.39, 0.29) is 18.7 Å². The van der Waals surface area contributed by atoms with Crippen LogP contribution in [0.2, 0.25) is 0 Å². The molecule has 1 aliphatic heterocycles. The van der Waals surface area contributed by atoms with Crippen molar-refractivity contribution < 1.29 is 19.1 Å². The summed E-state index contributed by atoms with van der Waals surface area (Å²) >= 11 is 5.98. The molecule has 0 aliphatic carbocycles. The predicted molar refractivity (Wildman–Crippen MR) is 62.4 cm³/mol. The van der Waals surface area contributed by atoms with Gasteiger partial charge >= 0.3 is 5.97 Å². The van der Waals surface area contributed by atoms with Crippen LogP contribution in [-0.2, 0) is 9.63 Å². The third kappa shape index (κ3) is 2.70. The van der Waals surface area contributed by atoms with Crippen molar-refractivity contribution >= 4 is 23.6 Å². The maximum Gasteiger partial charge on any atom is 0.303 e. The molecule has 0 spiro atoms. The first-order valence-electron chi connectivity index (χ1n) is 5.24. The molecule has 2 rings (SSSR count). The van der Waals surface area contributed by atoms with E-state index in [1.807, 2.05) is 0 Å². The van der Waals surface area contributed by atoms with E-state index in [1.165, 1.54) is 22.6 Å². The van der Waals surface area contributed by atoms with Crippen LogP contribution in [0.3, 0.4) is 0 Å². The normalized spacial score (nSPS) is 18.4. The van der Waals surface area contributed by atoms with Gasteiger partial charge in [-0.15, -0.1) is 0 Å². The summed E-state index contributed by atoms with van der Waals surface area (Å²) in [6.07, 6.45) is -0.540. The highest BCUT2D eigenvalue weighted by molar-refractivity contribution is 6.25. The fraction of sp³-hybridized carbons (Fsp3) is 0.273. The fourth-order valence-corrected chi connectivity index (χ4v) is 1.81. The lowest BCUT2D eigenvalue weighted by Gasteiger charge is -2.16. The minimum absolute atomic E-state index is 0.0835. The highest BCUT2D eigenvalue weighted by atomic mass is 35.5. The number of amidine groups is 1. The van der Waals surface area contributed by atoms with E-state index in [0.717, 1.165) is 0 Å². The van der Waals surface area contributed by atoms with Gasteiger partial charge in [-0.2, -0.15) is 0 Å². The van der Waals surface area contributed by atoms with Crippen LogP contribution >= 0.6 is 11.8 Å². The van der Waals surface area contributed by atoms with Crippen molar-refractivity contribution in [1.82, 2.24) is 4.42 Å². The number of rotatable bonds is 4. The first-order valence-corrected chi connectivity index (χ1v) is 5.58. The lowest BCUT2D eigenvalue weighted by Crippen LogP contribution is -2.28. The highest BCUT2D eigenvalue weighted by Crippen LogP contribution is 2.23. The molecule has 96 valence electrons. The molecule has 1 heterocycles. The SMILES string of the molecule is O=C(O)CCC1ON=C(c2cccc(F)c2)N1Cl. The summed E-state index contributed by atoms with van der Waals surface area (Å²) in [5.74, 6) is -1.08. The number of hydrogen-bond acceptors (Lipinski definition) is 4. The molecule has 1 unspecified atom stereocenters. The Morgan fingerprint density at radius 1 is 1.61 bits per heavy atom. The summed E-state index contributed by atoms with van der Waals surface area (Å²) in [7, 11) is 0. The Kier molecular flexibility index (Phi) is 3.66. The molecule has 0 fully saturated rings. The molecule has 0 saturated heterocycles. The van der Waals surface area contributed by atoms with Gasteiger partial charge in [0, 0.05) is 23.8 Å². The van der Waals surface area contributed by atoms with Gasteiger partial charge < -0.3 is 9.94 Å². The third-order valence-corrected chi connectivity index (χ3v) is 2.78. The molecule has 0 saturated carbocycles. The first-order chi connectivity index (χ1) is 8.58. The molecule has 1 aromatic carbocycles. The zero-order valence-electron chi connectivity index (χ0n) is 9.22. The molecule has 0 amide bonds. The summed E-state index contributed by atoms with van der Waals surface area (Å²) in [6.45, 7) is 0. The summed E-state index contributed by atoms with van der Waals surface area (Å²) in [6, 6.07) is 5.75. The van der Waals surface area contributed by atoms with E-state index in [1.54, 1.807) is 6.07 Å². The van der Waals surface area contributed by atoms with E-state index in [0.29, 0.717) is 5.56 Å². The molecule has 0 bridgehead atoms. The van der Waals surface area contributed by atoms with Gasteiger partial charge in [-0.1, -0.05) is 17.3 Å². The van der Waals surface area contributed by atoms with E-state index in [9.17, 15) is 9.18 Å². The van der Waals surface area contributed by atoms with E-state index in [2.05, 4.69) is 5.16 Å². The van der Waals surface area contributed by atoms with Gasteiger partial charge in [0.2, 0.25) is 6.23 Å². The monoisotopic (exact) mass is 272 g/mol. The summed E-state index contributed by atoms with van der Waals surface area (Å²) in [5, 5.41) is 12.3.